The summed E-state index contributed by atoms with van der Waals surface area (Å²) < 4.78 is 5.13. The minimum atomic E-state index is 0.204. The fraction of sp³-hybridized carbons (Fsp3) is 0.625. The molecule has 2 atom stereocenters. The summed E-state index contributed by atoms with van der Waals surface area (Å²) >= 11 is 0. The lowest BCUT2D eigenvalue weighted by molar-refractivity contribution is 0.278. The molecular formula is C16H25NO2. The van der Waals surface area contributed by atoms with Gasteiger partial charge in [-0.25, -0.2) is 0 Å². The van der Waals surface area contributed by atoms with E-state index in [4.69, 9.17) is 4.74 Å². The standard InChI is InChI=1S/C16H25NO2/c1-3-12-5-4-6-14(9-12)17-11-13-7-8-15(18)16(10-13)19-2/h7-8,10,12,14,17-18H,3-6,9,11H2,1-2H3. The minimum Gasteiger partial charge on any atom is -0.504 e. The Morgan fingerprint density at radius 1 is 1.37 bits per heavy atom. The summed E-state index contributed by atoms with van der Waals surface area (Å²) in [4.78, 5) is 0. The van der Waals surface area contributed by atoms with E-state index in [1.165, 1.54) is 32.1 Å². The fourth-order valence-electron chi connectivity index (χ4n) is 2.94. The number of benzene rings is 1. The predicted octanol–water partition coefficient (Wildman–Crippen LogP) is 3.46. The van der Waals surface area contributed by atoms with Gasteiger partial charge in [0.2, 0.25) is 0 Å². The molecule has 3 heteroatoms. The summed E-state index contributed by atoms with van der Waals surface area (Å²) in [5, 5.41) is 13.2. The summed E-state index contributed by atoms with van der Waals surface area (Å²) in [6.45, 7) is 3.13. The van der Waals surface area contributed by atoms with E-state index < -0.39 is 0 Å². The summed E-state index contributed by atoms with van der Waals surface area (Å²) in [6, 6.07) is 6.19. The van der Waals surface area contributed by atoms with Crippen LogP contribution < -0.4 is 10.1 Å². The topological polar surface area (TPSA) is 41.5 Å². The van der Waals surface area contributed by atoms with Gasteiger partial charge in [0.05, 0.1) is 7.11 Å². The normalized spacial score (nSPS) is 23.3. The van der Waals surface area contributed by atoms with E-state index in [1.54, 1.807) is 13.2 Å². The van der Waals surface area contributed by atoms with Gasteiger partial charge in [-0.1, -0.05) is 32.3 Å². The lowest BCUT2D eigenvalue weighted by Crippen LogP contribution is -2.33. The highest BCUT2D eigenvalue weighted by atomic mass is 16.5. The van der Waals surface area contributed by atoms with Crippen LogP contribution in [0.2, 0.25) is 0 Å². The van der Waals surface area contributed by atoms with Gasteiger partial charge in [-0.3, -0.25) is 0 Å². The molecule has 0 heterocycles. The monoisotopic (exact) mass is 263 g/mol. The van der Waals surface area contributed by atoms with Crippen LogP contribution in [0.25, 0.3) is 0 Å². The Labute approximate surface area is 116 Å². The summed E-state index contributed by atoms with van der Waals surface area (Å²) in [6.07, 6.45) is 6.61. The first-order chi connectivity index (χ1) is 9.22. The minimum absolute atomic E-state index is 0.204. The number of nitrogens with one attached hydrogen (secondary N) is 1. The van der Waals surface area contributed by atoms with Gasteiger partial charge < -0.3 is 15.2 Å². The average Bonchev–Trinajstić information content (AvgIpc) is 2.46. The maximum absolute atomic E-state index is 9.57. The van der Waals surface area contributed by atoms with Gasteiger partial charge in [-0.2, -0.15) is 0 Å². The smallest absolute Gasteiger partial charge is 0.160 e. The summed E-state index contributed by atoms with van der Waals surface area (Å²) in [7, 11) is 1.58. The van der Waals surface area contributed by atoms with Gasteiger partial charge in [0, 0.05) is 12.6 Å². The zero-order valence-electron chi connectivity index (χ0n) is 12.0. The van der Waals surface area contributed by atoms with Crippen molar-refractivity contribution in [3.63, 3.8) is 0 Å². The predicted molar refractivity (Wildman–Crippen MR) is 77.5 cm³/mol. The van der Waals surface area contributed by atoms with Crippen molar-refractivity contribution < 1.29 is 9.84 Å². The van der Waals surface area contributed by atoms with E-state index in [-0.39, 0.29) is 5.75 Å². The molecule has 0 spiro atoms. The lowest BCUT2D eigenvalue weighted by Gasteiger charge is -2.29. The number of aromatic hydroxyl groups is 1. The lowest BCUT2D eigenvalue weighted by atomic mass is 9.84. The second kappa shape index (κ2) is 6.80. The van der Waals surface area contributed by atoms with Crippen molar-refractivity contribution in [1.82, 2.24) is 5.32 Å². The molecule has 0 bridgehead atoms. The Morgan fingerprint density at radius 2 is 2.21 bits per heavy atom. The first-order valence-corrected chi connectivity index (χ1v) is 7.32. The Balaban J connectivity index is 1.88. The SMILES string of the molecule is CCC1CCCC(NCc2ccc(O)c(OC)c2)C1. The Hall–Kier alpha value is -1.22. The zero-order chi connectivity index (χ0) is 13.7. The molecule has 1 fully saturated rings. The third-order valence-corrected chi connectivity index (χ3v) is 4.20. The molecule has 1 aliphatic carbocycles. The van der Waals surface area contributed by atoms with Crippen LogP contribution in [-0.2, 0) is 6.54 Å². The molecule has 3 nitrogen and oxygen atoms in total. The number of rotatable bonds is 5. The van der Waals surface area contributed by atoms with E-state index in [2.05, 4.69) is 12.2 Å². The molecule has 1 aromatic carbocycles. The van der Waals surface area contributed by atoms with Gasteiger partial charge in [0.15, 0.2) is 11.5 Å². The Bertz CT molecular complexity index is 406. The second-order valence-electron chi connectivity index (χ2n) is 5.52. The van der Waals surface area contributed by atoms with Crippen molar-refractivity contribution in [2.75, 3.05) is 7.11 Å². The van der Waals surface area contributed by atoms with Gasteiger partial charge >= 0.3 is 0 Å². The molecule has 0 saturated heterocycles. The number of methoxy groups -OCH3 is 1. The maximum atomic E-state index is 9.57. The second-order valence-corrected chi connectivity index (χ2v) is 5.52. The maximum Gasteiger partial charge on any atom is 0.160 e. The summed E-state index contributed by atoms with van der Waals surface area (Å²) in [5.74, 6) is 1.64. The molecule has 1 aromatic rings. The molecule has 1 aliphatic rings. The molecule has 0 aliphatic heterocycles. The van der Waals surface area contributed by atoms with Crippen LogP contribution >= 0.6 is 0 Å². The van der Waals surface area contributed by atoms with Crippen LogP contribution in [0.15, 0.2) is 18.2 Å². The highest BCUT2D eigenvalue weighted by Crippen LogP contribution is 2.28. The number of hydrogen-bond acceptors (Lipinski definition) is 3. The highest BCUT2D eigenvalue weighted by Gasteiger charge is 2.20. The Kier molecular flexibility index (Phi) is 5.08. The van der Waals surface area contributed by atoms with Crippen LogP contribution in [0, 0.1) is 5.92 Å². The van der Waals surface area contributed by atoms with Crippen molar-refractivity contribution in [2.24, 2.45) is 5.92 Å². The van der Waals surface area contributed by atoms with Gasteiger partial charge in [-0.05, 0) is 36.5 Å². The van der Waals surface area contributed by atoms with Gasteiger partial charge in [0.1, 0.15) is 0 Å². The zero-order valence-corrected chi connectivity index (χ0v) is 12.0. The van der Waals surface area contributed by atoms with Crippen LogP contribution in [0.3, 0.4) is 0 Å². The summed E-state index contributed by atoms with van der Waals surface area (Å²) in [5.41, 5.74) is 1.16. The number of ether oxygens (including phenoxy) is 1. The van der Waals surface area contributed by atoms with E-state index >= 15 is 0 Å². The third kappa shape index (κ3) is 3.87. The molecule has 0 radical (unpaired) electrons. The number of phenols is 1. The van der Waals surface area contributed by atoms with Crippen molar-refractivity contribution in [3.05, 3.63) is 23.8 Å². The van der Waals surface area contributed by atoms with Crippen molar-refractivity contribution >= 4 is 0 Å². The van der Waals surface area contributed by atoms with Crippen LogP contribution in [0.1, 0.15) is 44.6 Å². The van der Waals surface area contributed by atoms with Gasteiger partial charge in [0.25, 0.3) is 0 Å². The van der Waals surface area contributed by atoms with Crippen molar-refractivity contribution in [1.29, 1.82) is 0 Å². The molecule has 106 valence electrons. The molecule has 0 aromatic heterocycles. The van der Waals surface area contributed by atoms with Crippen LogP contribution in [-0.4, -0.2) is 18.3 Å². The first-order valence-electron chi connectivity index (χ1n) is 7.32. The van der Waals surface area contributed by atoms with E-state index in [1.807, 2.05) is 12.1 Å². The quantitative estimate of drug-likeness (QED) is 0.855. The molecule has 2 N–H and O–H groups in total. The van der Waals surface area contributed by atoms with E-state index in [0.29, 0.717) is 11.8 Å². The fourth-order valence-corrected chi connectivity index (χ4v) is 2.94. The van der Waals surface area contributed by atoms with E-state index in [9.17, 15) is 5.11 Å². The molecular weight excluding hydrogens is 238 g/mol. The van der Waals surface area contributed by atoms with Crippen LogP contribution in [0.4, 0.5) is 0 Å². The van der Waals surface area contributed by atoms with Gasteiger partial charge in [-0.15, -0.1) is 0 Å². The van der Waals surface area contributed by atoms with Crippen molar-refractivity contribution in [3.8, 4) is 11.5 Å². The largest absolute Gasteiger partial charge is 0.504 e. The van der Waals surface area contributed by atoms with Crippen LogP contribution in [0.5, 0.6) is 11.5 Å². The highest BCUT2D eigenvalue weighted by molar-refractivity contribution is 5.41. The molecule has 19 heavy (non-hydrogen) atoms. The molecule has 2 rings (SSSR count). The molecule has 1 saturated carbocycles. The number of hydrogen-bond donors (Lipinski definition) is 2. The molecule has 2 unspecified atom stereocenters. The van der Waals surface area contributed by atoms with Crippen molar-refractivity contribution in [2.45, 2.75) is 51.6 Å². The first kappa shape index (κ1) is 14.2. The molecule has 0 amide bonds. The third-order valence-electron chi connectivity index (χ3n) is 4.20. The Morgan fingerprint density at radius 3 is 2.95 bits per heavy atom. The number of phenolic OH excluding ortho intramolecular Hbond substituents is 1. The average molecular weight is 263 g/mol. The van der Waals surface area contributed by atoms with E-state index in [0.717, 1.165) is 18.0 Å².